The zero-order valence-electron chi connectivity index (χ0n) is 14.3. The van der Waals surface area contributed by atoms with Gasteiger partial charge in [0.15, 0.2) is 0 Å². The maximum atomic E-state index is 12.5. The molecule has 21 heavy (non-hydrogen) atoms. The summed E-state index contributed by atoms with van der Waals surface area (Å²) in [5, 5.41) is 0. The summed E-state index contributed by atoms with van der Waals surface area (Å²) in [6.07, 6.45) is -0.844. The molecule has 0 saturated carbocycles. The van der Waals surface area contributed by atoms with Crippen LogP contribution in [0, 0.1) is 5.41 Å². The number of amides is 2. The summed E-state index contributed by atoms with van der Waals surface area (Å²) in [4.78, 5) is 37.4. The summed E-state index contributed by atoms with van der Waals surface area (Å²) in [6.45, 7) is 13.4. The highest BCUT2D eigenvalue weighted by Crippen LogP contribution is 2.22. The van der Waals surface area contributed by atoms with Gasteiger partial charge in [0.2, 0.25) is 5.91 Å². The van der Waals surface area contributed by atoms with Crippen LogP contribution in [-0.2, 0) is 19.1 Å². The lowest BCUT2D eigenvalue weighted by molar-refractivity contribution is -0.156. The Bertz CT molecular complexity index is 403. The van der Waals surface area contributed by atoms with Crippen molar-refractivity contribution < 1.29 is 23.9 Å². The average Bonchev–Trinajstić information content (AvgIpc) is 2.25. The van der Waals surface area contributed by atoms with Crippen LogP contribution in [0.3, 0.4) is 0 Å². The predicted molar refractivity (Wildman–Crippen MR) is 78.6 cm³/mol. The van der Waals surface area contributed by atoms with Crippen LogP contribution < -0.4 is 0 Å². The molecule has 0 rings (SSSR count). The van der Waals surface area contributed by atoms with E-state index < -0.39 is 35.0 Å². The van der Waals surface area contributed by atoms with Crippen LogP contribution in [0.2, 0.25) is 0 Å². The molecule has 0 aromatic heterocycles. The Morgan fingerprint density at radius 1 is 1.05 bits per heavy atom. The van der Waals surface area contributed by atoms with E-state index in [1.54, 1.807) is 48.5 Å². The molecule has 0 fully saturated rings. The van der Waals surface area contributed by atoms with E-state index in [0.717, 1.165) is 4.90 Å². The van der Waals surface area contributed by atoms with Gasteiger partial charge in [-0.15, -0.1) is 0 Å². The minimum Gasteiger partial charge on any atom is -0.464 e. The van der Waals surface area contributed by atoms with Crippen LogP contribution in [0.5, 0.6) is 0 Å². The molecule has 0 spiro atoms. The van der Waals surface area contributed by atoms with E-state index in [2.05, 4.69) is 0 Å². The fraction of sp³-hybridized carbons (Fsp3) is 0.800. The van der Waals surface area contributed by atoms with Crippen molar-refractivity contribution in [2.45, 2.75) is 67.0 Å². The monoisotopic (exact) mass is 301 g/mol. The van der Waals surface area contributed by atoms with E-state index in [1.807, 2.05) is 0 Å². The Labute approximate surface area is 126 Å². The first kappa shape index (κ1) is 19.4. The number of imide groups is 1. The topological polar surface area (TPSA) is 72.9 Å². The molecule has 1 atom stereocenters. The van der Waals surface area contributed by atoms with Crippen molar-refractivity contribution >= 4 is 18.0 Å². The van der Waals surface area contributed by atoms with Crippen LogP contribution >= 0.6 is 0 Å². The molecule has 0 aliphatic carbocycles. The first-order valence-electron chi connectivity index (χ1n) is 7.04. The molecule has 0 N–H and O–H groups in total. The van der Waals surface area contributed by atoms with Gasteiger partial charge in [-0.2, -0.15) is 0 Å². The highest BCUT2D eigenvalue weighted by Gasteiger charge is 2.40. The summed E-state index contributed by atoms with van der Waals surface area (Å²) >= 11 is 0. The van der Waals surface area contributed by atoms with Gasteiger partial charge in [0, 0.05) is 5.41 Å². The second-order valence-electron chi connectivity index (χ2n) is 6.83. The first-order chi connectivity index (χ1) is 9.31. The molecule has 2 amide bonds. The van der Waals surface area contributed by atoms with Gasteiger partial charge in [-0.1, -0.05) is 20.8 Å². The van der Waals surface area contributed by atoms with Crippen LogP contribution in [0.15, 0.2) is 0 Å². The van der Waals surface area contributed by atoms with Crippen LogP contribution in [0.25, 0.3) is 0 Å². The normalized spacial score (nSPS) is 13.3. The molecule has 0 saturated heterocycles. The minimum absolute atomic E-state index is 0.176. The Balaban J connectivity index is 5.43. The Morgan fingerprint density at radius 3 is 1.86 bits per heavy atom. The molecular formula is C15H27NO5. The molecule has 6 heteroatoms. The SMILES string of the molecule is CCOC(=O)[C@H](C)N(C(=O)OC(C)(C)C)C(=O)C(C)(C)C. The number of rotatable bonds is 3. The molecule has 0 bridgehead atoms. The van der Waals surface area contributed by atoms with Crippen molar-refractivity contribution in [2.24, 2.45) is 5.41 Å². The molecule has 0 aliphatic rings. The lowest BCUT2D eigenvalue weighted by atomic mass is 9.94. The van der Waals surface area contributed by atoms with Crippen molar-refractivity contribution in [3.63, 3.8) is 0 Å². The maximum absolute atomic E-state index is 12.5. The third-order valence-corrected chi connectivity index (χ3v) is 2.47. The number of nitrogens with zero attached hydrogens (tertiary/aromatic N) is 1. The fourth-order valence-electron chi connectivity index (χ4n) is 1.46. The molecule has 0 radical (unpaired) electrons. The van der Waals surface area contributed by atoms with Crippen LogP contribution in [-0.4, -0.2) is 41.1 Å². The summed E-state index contributed by atoms with van der Waals surface area (Å²) in [6, 6.07) is -1.04. The van der Waals surface area contributed by atoms with Gasteiger partial charge < -0.3 is 9.47 Å². The second-order valence-corrected chi connectivity index (χ2v) is 6.83. The third-order valence-electron chi connectivity index (χ3n) is 2.47. The van der Waals surface area contributed by atoms with Gasteiger partial charge in [0.05, 0.1) is 6.61 Å². The molecule has 0 aromatic rings. The summed E-state index contributed by atoms with van der Waals surface area (Å²) < 4.78 is 10.1. The van der Waals surface area contributed by atoms with Crippen LogP contribution in [0.1, 0.15) is 55.4 Å². The number of hydrogen-bond acceptors (Lipinski definition) is 5. The quantitative estimate of drug-likeness (QED) is 0.749. The van der Waals surface area contributed by atoms with Gasteiger partial charge in [-0.05, 0) is 34.6 Å². The fourth-order valence-corrected chi connectivity index (χ4v) is 1.46. The highest BCUT2D eigenvalue weighted by molar-refractivity contribution is 5.98. The standard InChI is InChI=1S/C15H27NO5/c1-9-20-11(17)10(2)16(12(18)14(3,4)5)13(19)21-15(6,7)8/h10H,9H2,1-8H3/t10-/m0/s1. The molecule has 6 nitrogen and oxygen atoms in total. The Kier molecular flexibility index (Phi) is 6.39. The first-order valence-corrected chi connectivity index (χ1v) is 7.04. The number of carbonyl (C=O) groups excluding carboxylic acids is 3. The lowest BCUT2D eigenvalue weighted by Crippen LogP contribution is -2.53. The predicted octanol–water partition coefficient (Wildman–Crippen LogP) is 2.75. The summed E-state index contributed by atoms with van der Waals surface area (Å²) in [5.41, 5.74) is -1.58. The smallest absolute Gasteiger partial charge is 0.417 e. The van der Waals surface area contributed by atoms with E-state index in [0.29, 0.717) is 0 Å². The van der Waals surface area contributed by atoms with Gasteiger partial charge in [-0.3, -0.25) is 4.79 Å². The molecule has 122 valence electrons. The van der Waals surface area contributed by atoms with Gasteiger partial charge >= 0.3 is 12.1 Å². The third kappa shape index (κ3) is 6.14. The number of ether oxygens (including phenoxy) is 2. The van der Waals surface area contributed by atoms with E-state index in [4.69, 9.17) is 9.47 Å². The summed E-state index contributed by atoms with van der Waals surface area (Å²) in [5.74, 6) is -1.13. The number of esters is 1. The van der Waals surface area contributed by atoms with Crippen molar-refractivity contribution in [3.8, 4) is 0 Å². The Hall–Kier alpha value is -1.59. The van der Waals surface area contributed by atoms with Gasteiger partial charge in [0.1, 0.15) is 11.6 Å². The van der Waals surface area contributed by atoms with Crippen LogP contribution in [0.4, 0.5) is 4.79 Å². The minimum atomic E-state index is -1.04. The van der Waals surface area contributed by atoms with Crippen molar-refractivity contribution in [2.75, 3.05) is 6.61 Å². The average molecular weight is 301 g/mol. The molecule has 0 aromatic carbocycles. The van der Waals surface area contributed by atoms with Gasteiger partial charge in [0.25, 0.3) is 0 Å². The van der Waals surface area contributed by atoms with Crippen molar-refractivity contribution in [1.29, 1.82) is 0 Å². The zero-order valence-corrected chi connectivity index (χ0v) is 14.3. The maximum Gasteiger partial charge on any atom is 0.417 e. The molecular weight excluding hydrogens is 274 g/mol. The molecule has 0 unspecified atom stereocenters. The second kappa shape index (κ2) is 6.91. The van der Waals surface area contributed by atoms with E-state index >= 15 is 0 Å². The Morgan fingerprint density at radius 2 is 1.52 bits per heavy atom. The molecule has 0 aliphatic heterocycles. The number of hydrogen-bond donors (Lipinski definition) is 0. The van der Waals surface area contributed by atoms with Crippen molar-refractivity contribution in [3.05, 3.63) is 0 Å². The zero-order chi connectivity index (χ0) is 17.0. The van der Waals surface area contributed by atoms with E-state index in [9.17, 15) is 14.4 Å². The lowest BCUT2D eigenvalue weighted by Gasteiger charge is -2.33. The van der Waals surface area contributed by atoms with E-state index in [-0.39, 0.29) is 6.61 Å². The van der Waals surface area contributed by atoms with Gasteiger partial charge in [-0.25, -0.2) is 14.5 Å². The number of carbonyl (C=O) groups is 3. The summed E-state index contributed by atoms with van der Waals surface area (Å²) in [7, 11) is 0. The van der Waals surface area contributed by atoms with Crippen molar-refractivity contribution in [1.82, 2.24) is 4.90 Å². The highest BCUT2D eigenvalue weighted by atomic mass is 16.6. The largest absolute Gasteiger partial charge is 0.464 e. The molecule has 0 heterocycles. The van der Waals surface area contributed by atoms with E-state index in [1.165, 1.54) is 6.92 Å².